The van der Waals surface area contributed by atoms with E-state index in [9.17, 15) is 0 Å². The molecule has 0 aliphatic heterocycles. The van der Waals surface area contributed by atoms with Crippen LogP contribution in [0.15, 0.2) is 22.7 Å². The minimum atomic E-state index is 0.529. The van der Waals surface area contributed by atoms with Crippen LogP contribution in [0.25, 0.3) is 0 Å². The van der Waals surface area contributed by atoms with Crippen molar-refractivity contribution in [2.75, 3.05) is 25.7 Å². The molecule has 0 heterocycles. The summed E-state index contributed by atoms with van der Waals surface area (Å²) in [5, 5.41) is 3.39. The number of ether oxygens (including phenoxy) is 1. The van der Waals surface area contributed by atoms with Crippen LogP contribution in [0.3, 0.4) is 0 Å². The zero-order valence-corrected chi connectivity index (χ0v) is 13.7. The number of hydrogen-bond acceptors (Lipinski definition) is 3. The van der Waals surface area contributed by atoms with E-state index in [4.69, 9.17) is 4.74 Å². The monoisotopic (exact) mass is 331 g/mol. The summed E-state index contributed by atoms with van der Waals surface area (Å²) in [6.07, 6.45) is 2.30. The minimum Gasteiger partial charge on any atom is -0.496 e. The first kappa shape index (κ1) is 15.9. The Hall–Kier alpha value is -0.190. The largest absolute Gasteiger partial charge is 0.496 e. The van der Waals surface area contributed by atoms with Gasteiger partial charge in [0, 0.05) is 11.8 Å². The molecule has 0 spiro atoms. The molecular weight excluding hydrogens is 310 g/mol. The first-order chi connectivity index (χ1) is 8.71. The summed E-state index contributed by atoms with van der Waals surface area (Å²) in [4.78, 5) is 0. The maximum atomic E-state index is 5.24. The maximum absolute atomic E-state index is 5.24. The van der Waals surface area contributed by atoms with Crippen molar-refractivity contribution < 1.29 is 4.74 Å². The molecule has 0 fully saturated rings. The highest BCUT2D eigenvalue weighted by molar-refractivity contribution is 9.10. The van der Waals surface area contributed by atoms with Crippen molar-refractivity contribution >= 4 is 27.7 Å². The number of nitrogens with one attached hydrogen (secondary N) is 1. The van der Waals surface area contributed by atoms with Crippen LogP contribution in [0.5, 0.6) is 5.75 Å². The molecule has 1 unspecified atom stereocenters. The van der Waals surface area contributed by atoms with E-state index in [0.717, 1.165) is 22.4 Å². The van der Waals surface area contributed by atoms with Crippen LogP contribution in [0.2, 0.25) is 0 Å². The van der Waals surface area contributed by atoms with Gasteiger partial charge in [-0.05, 0) is 59.3 Å². The average Bonchev–Trinajstić information content (AvgIpc) is 2.38. The smallest absolute Gasteiger partial charge is 0.133 e. The summed E-state index contributed by atoms with van der Waals surface area (Å²) < 4.78 is 6.27. The van der Waals surface area contributed by atoms with Gasteiger partial charge in [-0.15, -0.1) is 0 Å². The van der Waals surface area contributed by atoms with E-state index in [0.29, 0.717) is 6.04 Å². The quantitative estimate of drug-likeness (QED) is 0.733. The highest BCUT2D eigenvalue weighted by Crippen LogP contribution is 2.26. The number of rotatable bonds is 8. The molecule has 0 saturated heterocycles. The average molecular weight is 332 g/mol. The molecule has 0 bridgehead atoms. The van der Waals surface area contributed by atoms with Gasteiger partial charge in [0.1, 0.15) is 5.75 Å². The number of methoxy groups -OCH3 is 1. The molecule has 1 rings (SSSR count). The van der Waals surface area contributed by atoms with E-state index in [2.05, 4.69) is 40.3 Å². The van der Waals surface area contributed by atoms with Crippen molar-refractivity contribution in [2.45, 2.75) is 25.8 Å². The van der Waals surface area contributed by atoms with Gasteiger partial charge in [0.2, 0.25) is 0 Å². The SMILES string of the molecule is CCCSCC(Cc1ccc(OC)c(Br)c1)NC. The number of thioether (sulfide) groups is 1. The highest BCUT2D eigenvalue weighted by atomic mass is 79.9. The van der Waals surface area contributed by atoms with E-state index < -0.39 is 0 Å². The molecule has 2 nitrogen and oxygen atoms in total. The van der Waals surface area contributed by atoms with Gasteiger partial charge in [-0.25, -0.2) is 0 Å². The van der Waals surface area contributed by atoms with Crippen molar-refractivity contribution in [2.24, 2.45) is 0 Å². The molecule has 0 aromatic heterocycles. The lowest BCUT2D eigenvalue weighted by atomic mass is 10.1. The van der Waals surface area contributed by atoms with Crippen LogP contribution in [-0.4, -0.2) is 31.7 Å². The van der Waals surface area contributed by atoms with Gasteiger partial charge in [-0.2, -0.15) is 11.8 Å². The van der Waals surface area contributed by atoms with E-state index in [1.807, 2.05) is 24.9 Å². The molecule has 1 aromatic rings. The molecule has 1 atom stereocenters. The van der Waals surface area contributed by atoms with Gasteiger partial charge in [0.05, 0.1) is 11.6 Å². The van der Waals surface area contributed by atoms with Crippen molar-refractivity contribution in [3.05, 3.63) is 28.2 Å². The number of likely N-dealkylation sites (N-methyl/N-ethyl adjacent to an activating group) is 1. The van der Waals surface area contributed by atoms with Crippen LogP contribution in [0.4, 0.5) is 0 Å². The molecule has 0 radical (unpaired) electrons. The fourth-order valence-corrected chi connectivity index (χ4v) is 3.35. The summed E-state index contributed by atoms with van der Waals surface area (Å²) in [7, 11) is 3.73. The second kappa shape index (κ2) is 8.83. The lowest BCUT2D eigenvalue weighted by molar-refractivity contribution is 0.412. The third-order valence-corrected chi connectivity index (χ3v) is 4.73. The zero-order chi connectivity index (χ0) is 13.4. The Morgan fingerprint density at radius 2 is 2.22 bits per heavy atom. The number of hydrogen-bond donors (Lipinski definition) is 1. The van der Waals surface area contributed by atoms with Crippen LogP contribution in [-0.2, 0) is 6.42 Å². The summed E-state index contributed by atoms with van der Waals surface area (Å²) in [5.74, 6) is 3.29. The Kier molecular flexibility index (Phi) is 7.79. The fraction of sp³-hybridized carbons (Fsp3) is 0.571. The Balaban J connectivity index is 2.55. The van der Waals surface area contributed by atoms with Gasteiger partial charge in [0.15, 0.2) is 0 Å². The summed E-state index contributed by atoms with van der Waals surface area (Å²) in [5.41, 5.74) is 1.33. The molecule has 0 saturated carbocycles. The molecule has 4 heteroatoms. The van der Waals surface area contributed by atoms with Crippen molar-refractivity contribution in [3.63, 3.8) is 0 Å². The van der Waals surface area contributed by atoms with Gasteiger partial charge < -0.3 is 10.1 Å². The molecular formula is C14H22BrNOS. The lowest BCUT2D eigenvalue weighted by Crippen LogP contribution is -2.30. The Labute approximate surface area is 123 Å². The standard InChI is InChI=1S/C14H22BrNOS/c1-4-7-18-10-12(16-2)8-11-5-6-14(17-3)13(15)9-11/h5-6,9,12,16H,4,7-8,10H2,1-3H3. The summed E-state index contributed by atoms with van der Waals surface area (Å²) in [6.45, 7) is 2.22. The first-order valence-electron chi connectivity index (χ1n) is 6.28. The minimum absolute atomic E-state index is 0.529. The summed E-state index contributed by atoms with van der Waals surface area (Å²) in [6, 6.07) is 6.83. The highest BCUT2D eigenvalue weighted by Gasteiger charge is 2.09. The van der Waals surface area contributed by atoms with Crippen LogP contribution < -0.4 is 10.1 Å². The third-order valence-electron chi connectivity index (χ3n) is 2.77. The molecule has 18 heavy (non-hydrogen) atoms. The van der Waals surface area contributed by atoms with E-state index in [1.165, 1.54) is 17.7 Å². The van der Waals surface area contributed by atoms with Crippen LogP contribution in [0.1, 0.15) is 18.9 Å². The van der Waals surface area contributed by atoms with Crippen LogP contribution in [0, 0.1) is 0 Å². The maximum Gasteiger partial charge on any atom is 0.133 e. The predicted octanol–water partition coefficient (Wildman–Crippen LogP) is 3.73. The number of halogens is 1. The van der Waals surface area contributed by atoms with E-state index in [-0.39, 0.29) is 0 Å². The van der Waals surface area contributed by atoms with E-state index >= 15 is 0 Å². The first-order valence-corrected chi connectivity index (χ1v) is 8.23. The Morgan fingerprint density at radius 3 is 2.78 bits per heavy atom. The summed E-state index contributed by atoms with van der Waals surface area (Å²) >= 11 is 5.55. The normalized spacial score (nSPS) is 12.4. The lowest BCUT2D eigenvalue weighted by Gasteiger charge is -2.16. The van der Waals surface area contributed by atoms with Crippen molar-refractivity contribution in [3.8, 4) is 5.75 Å². The topological polar surface area (TPSA) is 21.3 Å². The van der Waals surface area contributed by atoms with E-state index in [1.54, 1.807) is 7.11 Å². The Bertz CT molecular complexity index is 360. The second-order valence-electron chi connectivity index (χ2n) is 4.23. The van der Waals surface area contributed by atoms with Crippen molar-refractivity contribution in [1.82, 2.24) is 5.32 Å². The van der Waals surface area contributed by atoms with Gasteiger partial charge in [-0.1, -0.05) is 13.0 Å². The molecule has 1 aromatic carbocycles. The van der Waals surface area contributed by atoms with Gasteiger partial charge in [0.25, 0.3) is 0 Å². The molecule has 0 amide bonds. The molecule has 0 aliphatic carbocycles. The Morgan fingerprint density at radius 1 is 1.44 bits per heavy atom. The molecule has 0 aliphatic rings. The molecule has 1 N–H and O–H groups in total. The fourth-order valence-electron chi connectivity index (χ4n) is 1.74. The predicted molar refractivity (Wildman–Crippen MR) is 84.9 cm³/mol. The third kappa shape index (κ3) is 5.21. The second-order valence-corrected chi connectivity index (χ2v) is 6.24. The van der Waals surface area contributed by atoms with Crippen molar-refractivity contribution in [1.29, 1.82) is 0 Å². The van der Waals surface area contributed by atoms with Gasteiger partial charge >= 0.3 is 0 Å². The van der Waals surface area contributed by atoms with Gasteiger partial charge in [-0.3, -0.25) is 0 Å². The number of benzene rings is 1. The molecule has 102 valence electrons. The van der Waals surface area contributed by atoms with Crippen LogP contribution >= 0.6 is 27.7 Å². The zero-order valence-electron chi connectivity index (χ0n) is 11.3.